The second-order valence-electron chi connectivity index (χ2n) is 7.81. The first kappa shape index (κ1) is 26.5. The molecule has 1 unspecified atom stereocenters. The first-order valence-electron chi connectivity index (χ1n) is 9.66. The molecule has 1 rings (SSSR count). The van der Waals surface area contributed by atoms with E-state index in [-0.39, 0.29) is 41.4 Å². The number of hydrogen-bond acceptors (Lipinski definition) is 3. The van der Waals surface area contributed by atoms with Crippen molar-refractivity contribution < 1.29 is 9.53 Å². The molecular weight excluding hydrogens is 467 g/mol. The lowest BCUT2D eigenvalue weighted by Crippen LogP contribution is -2.43. The molecule has 28 heavy (non-hydrogen) atoms. The maximum Gasteiger partial charge on any atom is 0.225 e. The van der Waals surface area contributed by atoms with Crippen molar-refractivity contribution in [1.29, 1.82) is 0 Å². The Kier molecular flexibility index (Phi) is 12.2. The van der Waals surface area contributed by atoms with E-state index < -0.39 is 0 Å². The van der Waals surface area contributed by atoms with E-state index in [1.165, 1.54) is 5.56 Å². The summed E-state index contributed by atoms with van der Waals surface area (Å²) in [5.41, 5.74) is 1.89. The molecule has 1 amide bonds. The number of carbonyl (C=O) groups is 1. The molecule has 0 spiro atoms. The first-order valence-corrected chi connectivity index (χ1v) is 9.66. The predicted octanol–water partition coefficient (Wildman–Crippen LogP) is 3.62. The van der Waals surface area contributed by atoms with E-state index >= 15 is 0 Å². The Bertz CT molecular complexity index is 642. The predicted molar refractivity (Wildman–Crippen MR) is 128 cm³/mol. The molecule has 1 aromatic rings. The number of amides is 1. The number of benzene rings is 1. The summed E-state index contributed by atoms with van der Waals surface area (Å²) < 4.78 is 6.05. The largest absolute Gasteiger partial charge is 0.490 e. The first-order chi connectivity index (χ1) is 12.7. The van der Waals surface area contributed by atoms with Gasteiger partial charge in [0, 0.05) is 37.7 Å². The highest BCUT2D eigenvalue weighted by Gasteiger charge is 2.20. The van der Waals surface area contributed by atoms with E-state index in [9.17, 15) is 4.79 Å². The number of halogens is 1. The highest BCUT2D eigenvalue weighted by molar-refractivity contribution is 14.0. The quantitative estimate of drug-likeness (QED) is 0.219. The number of ether oxygens (including phenoxy) is 1. The fourth-order valence-corrected chi connectivity index (χ4v) is 2.24. The Morgan fingerprint density at radius 1 is 1.18 bits per heavy atom. The third-order valence-corrected chi connectivity index (χ3v) is 4.18. The van der Waals surface area contributed by atoms with Gasteiger partial charge in [-0.15, -0.1) is 24.0 Å². The van der Waals surface area contributed by atoms with Gasteiger partial charge < -0.3 is 20.7 Å². The number of guanidine groups is 1. The normalized spacial score (nSPS) is 12.6. The molecule has 0 fully saturated rings. The van der Waals surface area contributed by atoms with Crippen LogP contribution in [0.15, 0.2) is 23.2 Å². The molecular formula is C21H37IN4O2. The van der Waals surface area contributed by atoms with Crippen LogP contribution in [0.4, 0.5) is 0 Å². The average molecular weight is 504 g/mol. The molecule has 0 aromatic heterocycles. The van der Waals surface area contributed by atoms with Crippen LogP contribution in [0.1, 0.15) is 52.2 Å². The van der Waals surface area contributed by atoms with Gasteiger partial charge in [0.25, 0.3) is 0 Å². The number of aliphatic imine (C=N–C) groups is 1. The van der Waals surface area contributed by atoms with Gasteiger partial charge in [0.05, 0.1) is 6.10 Å². The summed E-state index contributed by atoms with van der Waals surface area (Å²) in [6.45, 7) is 13.7. The smallest absolute Gasteiger partial charge is 0.225 e. The minimum absolute atomic E-state index is 0. The zero-order chi connectivity index (χ0) is 20.4. The molecule has 0 aliphatic heterocycles. The summed E-state index contributed by atoms with van der Waals surface area (Å²) in [5.74, 6) is 1.64. The Hall–Kier alpha value is -1.51. The molecule has 0 saturated heterocycles. The van der Waals surface area contributed by atoms with Crippen molar-refractivity contribution >= 4 is 35.8 Å². The van der Waals surface area contributed by atoms with E-state index in [0.29, 0.717) is 25.6 Å². The molecule has 160 valence electrons. The van der Waals surface area contributed by atoms with Crippen molar-refractivity contribution in [2.75, 3.05) is 20.1 Å². The fraction of sp³-hybridized carbons (Fsp3) is 0.619. The number of nitrogens with one attached hydrogen (secondary N) is 3. The maximum absolute atomic E-state index is 11.9. The molecule has 0 bridgehead atoms. The summed E-state index contributed by atoms with van der Waals surface area (Å²) in [5, 5.41) is 9.43. The number of aryl methyl sites for hydroxylation is 1. The topological polar surface area (TPSA) is 74.8 Å². The van der Waals surface area contributed by atoms with Crippen molar-refractivity contribution in [3.05, 3.63) is 29.3 Å². The number of carbonyl (C=O) groups excluding carboxylic acids is 1. The van der Waals surface area contributed by atoms with Crippen molar-refractivity contribution in [2.24, 2.45) is 10.4 Å². The Labute approximate surface area is 187 Å². The molecule has 0 heterocycles. The monoisotopic (exact) mass is 504 g/mol. The van der Waals surface area contributed by atoms with Crippen LogP contribution in [0.2, 0.25) is 0 Å². The molecule has 0 aliphatic carbocycles. The maximum atomic E-state index is 11.9. The second kappa shape index (κ2) is 12.9. The van der Waals surface area contributed by atoms with Gasteiger partial charge in [-0.3, -0.25) is 9.79 Å². The molecule has 0 radical (unpaired) electrons. The van der Waals surface area contributed by atoms with Gasteiger partial charge in [0.1, 0.15) is 5.75 Å². The van der Waals surface area contributed by atoms with Gasteiger partial charge in [0.15, 0.2) is 5.96 Å². The van der Waals surface area contributed by atoms with Crippen LogP contribution >= 0.6 is 24.0 Å². The van der Waals surface area contributed by atoms with Gasteiger partial charge in [-0.05, 0) is 31.9 Å². The number of nitrogens with zero attached hydrogens (tertiary/aromatic N) is 1. The fourth-order valence-electron chi connectivity index (χ4n) is 2.24. The molecule has 6 nitrogen and oxygen atoms in total. The number of rotatable bonds is 8. The Morgan fingerprint density at radius 2 is 1.82 bits per heavy atom. The Morgan fingerprint density at radius 3 is 2.39 bits per heavy atom. The molecule has 0 saturated carbocycles. The van der Waals surface area contributed by atoms with Gasteiger partial charge in [-0.2, -0.15) is 0 Å². The summed E-state index contributed by atoms with van der Waals surface area (Å²) in [6.07, 6.45) is 1.14. The molecule has 0 aliphatic rings. The highest BCUT2D eigenvalue weighted by Crippen LogP contribution is 2.22. The van der Waals surface area contributed by atoms with Crippen LogP contribution in [-0.4, -0.2) is 38.1 Å². The van der Waals surface area contributed by atoms with Gasteiger partial charge >= 0.3 is 0 Å². The summed E-state index contributed by atoms with van der Waals surface area (Å²) >= 11 is 0. The van der Waals surface area contributed by atoms with E-state index in [0.717, 1.165) is 17.7 Å². The van der Waals surface area contributed by atoms with Crippen LogP contribution in [0.3, 0.4) is 0 Å². The van der Waals surface area contributed by atoms with Crippen LogP contribution in [-0.2, 0) is 11.3 Å². The lowest BCUT2D eigenvalue weighted by atomic mass is 9.96. The van der Waals surface area contributed by atoms with Crippen LogP contribution in [0, 0.1) is 12.3 Å². The zero-order valence-electron chi connectivity index (χ0n) is 18.3. The van der Waals surface area contributed by atoms with E-state index in [2.05, 4.69) is 59.9 Å². The van der Waals surface area contributed by atoms with E-state index in [1.54, 1.807) is 7.05 Å². The Balaban J connectivity index is 0.00000729. The highest BCUT2D eigenvalue weighted by atomic mass is 127. The lowest BCUT2D eigenvalue weighted by Gasteiger charge is -2.19. The average Bonchev–Trinajstić information content (AvgIpc) is 2.61. The standard InChI is InChI=1S/C21H36N4O2.HI/c1-8-16(3)27-18-13-15(2)9-10-17(18)14-25-20(22-7)24-12-11-23-19(26)21(4,5)6;/h9-10,13,16H,8,11-12,14H2,1-7H3,(H,23,26)(H2,22,24,25);1H. The lowest BCUT2D eigenvalue weighted by molar-refractivity contribution is -0.128. The summed E-state index contributed by atoms with van der Waals surface area (Å²) in [6, 6.07) is 6.23. The molecule has 3 N–H and O–H groups in total. The van der Waals surface area contributed by atoms with Crippen LogP contribution < -0.4 is 20.7 Å². The molecule has 1 atom stereocenters. The summed E-state index contributed by atoms with van der Waals surface area (Å²) in [4.78, 5) is 16.1. The summed E-state index contributed by atoms with van der Waals surface area (Å²) in [7, 11) is 1.73. The van der Waals surface area contributed by atoms with Gasteiger partial charge in [0.2, 0.25) is 5.91 Å². The van der Waals surface area contributed by atoms with Crippen molar-refractivity contribution in [1.82, 2.24) is 16.0 Å². The minimum Gasteiger partial charge on any atom is -0.490 e. The van der Waals surface area contributed by atoms with E-state index in [4.69, 9.17) is 4.74 Å². The van der Waals surface area contributed by atoms with Crippen molar-refractivity contribution in [3.8, 4) is 5.75 Å². The SMILES string of the molecule is CCC(C)Oc1cc(C)ccc1CNC(=NC)NCCNC(=O)C(C)(C)C.I. The van der Waals surface area contributed by atoms with Gasteiger partial charge in [-0.25, -0.2) is 0 Å². The van der Waals surface area contributed by atoms with E-state index in [1.807, 2.05) is 20.8 Å². The zero-order valence-corrected chi connectivity index (χ0v) is 20.6. The molecule has 1 aromatic carbocycles. The van der Waals surface area contributed by atoms with Crippen LogP contribution in [0.5, 0.6) is 5.75 Å². The minimum atomic E-state index is -0.378. The molecule has 7 heteroatoms. The van der Waals surface area contributed by atoms with Crippen LogP contribution in [0.25, 0.3) is 0 Å². The second-order valence-corrected chi connectivity index (χ2v) is 7.81. The third kappa shape index (κ3) is 9.61. The number of hydrogen-bond donors (Lipinski definition) is 3. The van der Waals surface area contributed by atoms with Crippen molar-refractivity contribution in [3.63, 3.8) is 0 Å². The van der Waals surface area contributed by atoms with Crippen molar-refractivity contribution in [2.45, 2.75) is 60.6 Å². The van der Waals surface area contributed by atoms with Gasteiger partial charge in [-0.1, -0.05) is 39.8 Å². The third-order valence-electron chi connectivity index (χ3n) is 4.18.